The molecule has 136 valence electrons. The molecule has 0 saturated carbocycles. The minimum absolute atomic E-state index is 0.0593. The van der Waals surface area contributed by atoms with E-state index in [0.29, 0.717) is 24.1 Å². The van der Waals surface area contributed by atoms with Crippen molar-refractivity contribution in [1.82, 2.24) is 0 Å². The van der Waals surface area contributed by atoms with E-state index in [1.807, 2.05) is 6.92 Å². The maximum atomic E-state index is 13.1. The highest BCUT2D eigenvalue weighted by Crippen LogP contribution is 2.39. The normalized spacial score (nSPS) is 20.6. The lowest BCUT2D eigenvalue weighted by Gasteiger charge is -2.48. The zero-order chi connectivity index (χ0) is 18.8. The number of rotatable bonds is 6. The first-order chi connectivity index (χ1) is 12.4. The van der Waals surface area contributed by atoms with E-state index >= 15 is 0 Å². The highest BCUT2D eigenvalue weighted by molar-refractivity contribution is 6.03. The van der Waals surface area contributed by atoms with E-state index in [1.54, 1.807) is 29.2 Å². The summed E-state index contributed by atoms with van der Waals surface area (Å²) >= 11 is 0. The number of carbonyl (C=O) groups is 1. The summed E-state index contributed by atoms with van der Waals surface area (Å²) in [6.07, 6.45) is 0.129. The molecule has 1 N–H and O–H groups in total. The molecular weight excluding hydrogens is 336 g/mol. The van der Waals surface area contributed by atoms with Crippen LogP contribution >= 0.6 is 0 Å². The predicted octanol–water partition coefficient (Wildman–Crippen LogP) is 4.39. The lowest BCUT2D eigenvalue weighted by atomic mass is 9.79. The lowest BCUT2D eigenvalue weighted by Crippen LogP contribution is -2.61. The Morgan fingerprint density at radius 1 is 1.12 bits per heavy atom. The number of amides is 1. The second kappa shape index (κ2) is 7.38. The third-order valence-electron chi connectivity index (χ3n) is 4.83. The van der Waals surface area contributed by atoms with Crippen LogP contribution in [0, 0.1) is 17.6 Å². The molecule has 2 aromatic rings. The average molecular weight is 357 g/mol. The van der Waals surface area contributed by atoms with Gasteiger partial charge in [-0.1, -0.05) is 24.3 Å². The molecule has 3 nitrogen and oxygen atoms in total. The Labute approximate surface area is 151 Å². The van der Waals surface area contributed by atoms with Gasteiger partial charge >= 0.3 is 0 Å². The summed E-state index contributed by atoms with van der Waals surface area (Å²) in [5, 5.41) is 10.3. The van der Waals surface area contributed by atoms with Gasteiger partial charge in [-0.05, 0) is 61.7 Å². The minimum atomic E-state index is -0.756. The van der Waals surface area contributed by atoms with Crippen LogP contribution in [0.5, 0.6) is 0 Å². The Kier molecular flexibility index (Phi) is 5.18. The molecule has 0 aromatic heterocycles. The smallest absolute Gasteiger partial charge is 0.233 e. The zero-order valence-corrected chi connectivity index (χ0v) is 14.5. The fourth-order valence-electron chi connectivity index (χ4n) is 3.47. The monoisotopic (exact) mass is 357 g/mol. The molecule has 3 atom stereocenters. The number of anilines is 1. The molecule has 1 amide bonds. The quantitative estimate of drug-likeness (QED) is 0.615. The van der Waals surface area contributed by atoms with Gasteiger partial charge < -0.3 is 10.0 Å². The van der Waals surface area contributed by atoms with Crippen molar-refractivity contribution in [2.75, 3.05) is 4.90 Å². The summed E-state index contributed by atoms with van der Waals surface area (Å²) in [7, 11) is 0. The van der Waals surface area contributed by atoms with Crippen molar-refractivity contribution in [3.8, 4) is 0 Å². The molecule has 2 aromatic carbocycles. The van der Waals surface area contributed by atoms with Gasteiger partial charge in [0, 0.05) is 5.69 Å². The van der Waals surface area contributed by atoms with Crippen molar-refractivity contribution in [1.29, 1.82) is 0 Å². The first-order valence-electron chi connectivity index (χ1n) is 8.56. The molecule has 0 radical (unpaired) electrons. The Morgan fingerprint density at radius 2 is 1.65 bits per heavy atom. The van der Waals surface area contributed by atoms with Crippen LogP contribution in [-0.4, -0.2) is 17.1 Å². The topological polar surface area (TPSA) is 40.5 Å². The molecule has 2 unspecified atom stereocenters. The summed E-state index contributed by atoms with van der Waals surface area (Å²) in [6.45, 7) is 5.84. The van der Waals surface area contributed by atoms with E-state index in [2.05, 4.69) is 6.58 Å². The van der Waals surface area contributed by atoms with Gasteiger partial charge in [-0.25, -0.2) is 8.78 Å². The highest BCUT2D eigenvalue weighted by atomic mass is 19.1. The molecule has 1 fully saturated rings. The van der Waals surface area contributed by atoms with Crippen molar-refractivity contribution in [3.05, 3.63) is 77.9 Å². The lowest BCUT2D eigenvalue weighted by molar-refractivity contribution is -0.129. The van der Waals surface area contributed by atoms with Crippen LogP contribution < -0.4 is 4.90 Å². The maximum absolute atomic E-state index is 13.1. The van der Waals surface area contributed by atoms with E-state index in [-0.39, 0.29) is 29.5 Å². The Hall–Kier alpha value is -2.53. The molecule has 3 rings (SSSR count). The summed E-state index contributed by atoms with van der Waals surface area (Å²) < 4.78 is 26.1. The molecule has 26 heavy (non-hydrogen) atoms. The van der Waals surface area contributed by atoms with Gasteiger partial charge in [-0.2, -0.15) is 0 Å². The Morgan fingerprint density at radius 3 is 2.19 bits per heavy atom. The summed E-state index contributed by atoms with van der Waals surface area (Å²) in [5.41, 5.74) is 2.11. The zero-order valence-electron chi connectivity index (χ0n) is 14.5. The number of benzene rings is 2. The number of halogens is 2. The second-order valence-corrected chi connectivity index (χ2v) is 6.73. The number of aliphatic hydroxyl groups excluding tert-OH is 1. The number of β-lactam (4-membered cyclic amide) rings is 1. The number of hydrogen-bond acceptors (Lipinski definition) is 2. The third-order valence-corrected chi connectivity index (χ3v) is 4.83. The van der Waals surface area contributed by atoms with Gasteiger partial charge in [-0.15, -0.1) is 0 Å². The van der Waals surface area contributed by atoms with Crippen molar-refractivity contribution in [2.24, 2.45) is 5.92 Å². The van der Waals surface area contributed by atoms with E-state index in [4.69, 9.17) is 0 Å². The van der Waals surface area contributed by atoms with E-state index in [0.717, 1.165) is 5.57 Å². The molecule has 0 bridgehead atoms. The largest absolute Gasteiger partial charge is 0.388 e. The summed E-state index contributed by atoms with van der Waals surface area (Å²) in [6, 6.07) is 11.3. The van der Waals surface area contributed by atoms with Crippen molar-refractivity contribution >= 4 is 11.6 Å². The van der Waals surface area contributed by atoms with Gasteiger partial charge in [0.15, 0.2) is 0 Å². The number of hydrogen-bond donors (Lipinski definition) is 1. The van der Waals surface area contributed by atoms with Crippen LogP contribution in [0.3, 0.4) is 0 Å². The van der Waals surface area contributed by atoms with Gasteiger partial charge in [0.05, 0.1) is 18.1 Å². The van der Waals surface area contributed by atoms with Crippen LogP contribution in [-0.2, 0) is 4.79 Å². The summed E-state index contributed by atoms with van der Waals surface area (Å²) in [4.78, 5) is 14.2. The molecular formula is C21H21F2NO2. The van der Waals surface area contributed by atoms with Crippen LogP contribution in [0.25, 0.3) is 0 Å². The van der Waals surface area contributed by atoms with Gasteiger partial charge in [0.2, 0.25) is 5.91 Å². The average Bonchev–Trinajstić information content (AvgIpc) is 2.61. The molecule has 1 saturated heterocycles. The first-order valence-corrected chi connectivity index (χ1v) is 8.56. The fourth-order valence-corrected chi connectivity index (χ4v) is 3.47. The Bertz CT molecular complexity index is 802. The first kappa shape index (κ1) is 18.3. The molecule has 1 aliphatic heterocycles. The van der Waals surface area contributed by atoms with Crippen LogP contribution in [0.2, 0.25) is 0 Å². The van der Waals surface area contributed by atoms with E-state index in [1.165, 1.54) is 24.3 Å². The van der Waals surface area contributed by atoms with Crippen molar-refractivity contribution in [3.63, 3.8) is 0 Å². The van der Waals surface area contributed by atoms with Crippen molar-refractivity contribution < 1.29 is 18.7 Å². The van der Waals surface area contributed by atoms with E-state index in [9.17, 15) is 18.7 Å². The van der Waals surface area contributed by atoms with Gasteiger partial charge in [0.25, 0.3) is 0 Å². The minimum Gasteiger partial charge on any atom is -0.388 e. The predicted molar refractivity (Wildman–Crippen MR) is 96.6 cm³/mol. The standard InChI is InChI=1S/C21H21F2NO2/c1-13(2)20-18(11-12-19(25)14-3-5-15(22)6-4-14)21(26)24(20)17-9-7-16(23)8-10-17/h3-10,18-20,25H,1,11-12H2,2H3/t18-,19?,20?/m1/s1. The number of nitrogens with zero attached hydrogens (tertiary/aromatic N) is 1. The Balaban J connectivity index is 1.68. The molecule has 1 aliphatic rings. The van der Waals surface area contributed by atoms with E-state index < -0.39 is 6.10 Å². The van der Waals surface area contributed by atoms with Crippen LogP contribution in [0.15, 0.2) is 60.7 Å². The molecule has 0 aliphatic carbocycles. The van der Waals surface area contributed by atoms with Crippen LogP contribution in [0.4, 0.5) is 14.5 Å². The summed E-state index contributed by atoms with van der Waals surface area (Å²) in [5.74, 6) is -1.04. The van der Waals surface area contributed by atoms with Crippen molar-refractivity contribution in [2.45, 2.75) is 31.9 Å². The molecule has 1 heterocycles. The molecule has 0 spiro atoms. The highest BCUT2D eigenvalue weighted by Gasteiger charge is 2.47. The maximum Gasteiger partial charge on any atom is 0.233 e. The van der Waals surface area contributed by atoms with Gasteiger partial charge in [-0.3, -0.25) is 4.79 Å². The SMILES string of the molecule is C=C(C)C1[C@@H](CCC(O)c2ccc(F)cc2)C(=O)N1c1ccc(F)cc1. The van der Waals surface area contributed by atoms with Gasteiger partial charge in [0.1, 0.15) is 11.6 Å². The molecule has 5 heteroatoms. The number of aliphatic hydroxyl groups is 1. The third kappa shape index (κ3) is 3.53. The number of carbonyl (C=O) groups excluding carboxylic acids is 1. The fraction of sp³-hybridized carbons (Fsp3) is 0.286. The van der Waals surface area contributed by atoms with Crippen LogP contribution in [0.1, 0.15) is 31.4 Å². The second-order valence-electron chi connectivity index (χ2n) is 6.73.